The van der Waals surface area contributed by atoms with Gasteiger partial charge in [0.25, 0.3) is 11.5 Å². The van der Waals surface area contributed by atoms with Crippen LogP contribution in [-0.4, -0.2) is 50.2 Å². The summed E-state index contributed by atoms with van der Waals surface area (Å²) in [5.41, 5.74) is 2.48. The zero-order chi connectivity index (χ0) is 26.8. The van der Waals surface area contributed by atoms with Gasteiger partial charge in [-0.1, -0.05) is 60.4 Å². The first-order chi connectivity index (χ1) is 18.4. The predicted molar refractivity (Wildman–Crippen MR) is 153 cm³/mol. The number of amides is 1. The Hall–Kier alpha value is -3.50. The molecule has 2 aliphatic heterocycles. The second-order valence-corrected chi connectivity index (χ2v) is 11.0. The van der Waals surface area contributed by atoms with E-state index in [9.17, 15) is 14.4 Å². The van der Waals surface area contributed by atoms with Crippen LogP contribution in [0.3, 0.4) is 0 Å². The van der Waals surface area contributed by atoms with Gasteiger partial charge in [-0.05, 0) is 50.0 Å². The van der Waals surface area contributed by atoms with Crippen LogP contribution in [0, 0.1) is 12.8 Å². The third-order valence-corrected chi connectivity index (χ3v) is 8.19. The number of thioether (sulfide) groups is 1. The minimum absolute atomic E-state index is 0.174. The number of benzene rings is 1. The molecule has 5 rings (SSSR count). The second-order valence-electron chi connectivity index (χ2n) is 9.31. The lowest BCUT2D eigenvalue weighted by molar-refractivity contribution is -0.148. The standard InChI is InChI=1S/C28H28N4O4S2/c1-3-36-27(35)20-11-14-30(15-12-20)24-21(25(33)31-13-7-8-18(2)23(31)29-24)16-22-26(34)32(28(37)38-22)17-19-9-5-4-6-10-19/h4-10,13,16,20H,3,11-12,14-15,17H2,1-2H3. The SMILES string of the molecule is CCOC(=O)C1CCN(c2nc3c(C)cccn3c(=O)c2C=C2SC(=S)N(Cc3ccccc3)C2=O)CC1. The first-order valence-corrected chi connectivity index (χ1v) is 13.8. The molecule has 0 radical (unpaired) electrons. The molecule has 0 atom stereocenters. The minimum atomic E-state index is -0.255. The lowest BCUT2D eigenvalue weighted by atomic mass is 9.96. The highest BCUT2D eigenvalue weighted by Crippen LogP contribution is 2.35. The number of hydrogen-bond donors (Lipinski definition) is 0. The zero-order valence-corrected chi connectivity index (χ0v) is 22.9. The van der Waals surface area contributed by atoms with Crippen LogP contribution < -0.4 is 10.5 Å². The van der Waals surface area contributed by atoms with Crippen molar-refractivity contribution >= 4 is 57.7 Å². The number of carbonyl (C=O) groups is 2. The molecule has 196 valence electrons. The first-order valence-electron chi connectivity index (χ1n) is 12.6. The summed E-state index contributed by atoms with van der Waals surface area (Å²) >= 11 is 6.72. The Morgan fingerprint density at radius 1 is 1.16 bits per heavy atom. The molecule has 38 heavy (non-hydrogen) atoms. The van der Waals surface area contributed by atoms with Gasteiger partial charge in [-0.15, -0.1) is 0 Å². The Bertz CT molecular complexity index is 1490. The summed E-state index contributed by atoms with van der Waals surface area (Å²) in [6.07, 6.45) is 4.52. The molecular formula is C28H28N4O4S2. The van der Waals surface area contributed by atoms with E-state index in [0.29, 0.717) is 65.3 Å². The lowest BCUT2D eigenvalue weighted by Crippen LogP contribution is -2.39. The Morgan fingerprint density at radius 3 is 2.61 bits per heavy atom. The van der Waals surface area contributed by atoms with E-state index < -0.39 is 0 Å². The zero-order valence-electron chi connectivity index (χ0n) is 21.3. The molecule has 1 aromatic carbocycles. The molecule has 4 heterocycles. The number of esters is 1. The van der Waals surface area contributed by atoms with E-state index in [1.807, 2.05) is 48.2 Å². The topological polar surface area (TPSA) is 84.2 Å². The summed E-state index contributed by atoms with van der Waals surface area (Å²) in [5.74, 6) is -0.0754. The van der Waals surface area contributed by atoms with Crippen LogP contribution >= 0.6 is 24.0 Å². The number of aromatic nitrogens is 2. The fourth-order valence-electron chi connectivity index (χ4n) is 4.79. The number of nitrogens with zero attached hydrogens (tertiary/aromatic N) is 4. The molecule has 2 saturated heterocycles. The molecule has 0 bridgehead atoms. The van der Waals surface area contributed by atoms with Crippen molar-refractivity contribution in [2.75, 3.05) is 24.6 Å². The summed E-state index contributed by atoms with van der Waals surface area (Å²) in [5, 5.41) is 0. The van der Waals surface area contributed by atoms with Gasteiger partial charge in [-0.25, -0.2) is 4.98 Å². The molecule has 3 aromatic rings. The van der Waals surface area contributed by atoms with Crippen molar-refractivity contribution in [3.05, 3.63) is 80.6 Å². The van der Waals surface area contributed by atoms with E-state index in [-0.39, 0.29) is 23.4 Å². The molecule has 2 fully saturated rings. The van der Waals surface area contributed by atoms with Crippen molar-refractivity contribution < 1.29 is 14.3 Å². The van der Waals surface area contributed by atoms with Gasteiger partial charge in [0.1, 0.15) is 15.8 Å². The molecule has 1 amide bonds. The van der Waals surface area contributed by atoms with E-state index >= 15 is 0 Å². The molecule has 10 heteroatoms. The maximum absolute atomic E-state index is 13.8. The van der Waals surface area contributed by atoms with Crippen LogP contribution in [-0.2, 0) is 20.9 Å². The van der Waals surface area contributed by atoms with Gasteiger partial charge in [0.2, 0.25) is 0 Å². The van der Waals surface area contributed by atoms with Gasteiger partial charge in [0.15, 0.2) is 0 Å². The number of fused-ring (bicyclic) bond motifs is 1. The monoisotopic (exact) mass is 548 g/mol. The maximum Gasteiger partial charge on any atom is 0.309 e. The van der Waals surface area contributed by atoms with Gasteiger partial charge in [-0.2, -0.15) is 0 Å². The van der Waals surface area contributed by atoms with Crippen molar-refractivity contribution in [2.45, 2.75) is 33.2 Å². The predicted octanol–water partition coefficient (Wildman–Crippen LogP) is 4.18. The highest BCUT2D eigenvalue weighted by molar-refractivity contribution is 8.26. The molecule has 8 nitrogen and oxygen atoms in total. The number of ether oxygens (including phenoxy) is 1. The smallest absolute Gasteiger partial charge is 0.309 e. The molecule has 0 spiro atoms. The molecular weight excluding hydrogens is 520 g/mol. The number of carbonyl (C=O) groups excluding carboxylic acids is 2. The van der Waals surface area contributed by atoms with Crippen molar-refractivity contribution in [1.82, 2.24) is 14.3 Å². The Kier molecular flexibility index (Phi) is 7.62. The normalized spacial score (nSPS) is 17.6. The van der Waals surface area contributed by atoms with Crippen LogP contribution in [0.25, 0.3) is 11.7 Å². The van der Waals surface area contributed by atoms with Crippen LogP contribution in [0.1, 0.15) is 36.5 Å². The number of pyridine rings is 1. The Morgan fingerprint density at radius 2 is 1.89 bits per heavy atom. The molecule has 0 aliphatic carbocycles. The van der Waals surface area contributed by atoms with E-state index in [2.05, 4.69) is 0 Å². The fourth-order valence-corrected chi connectivity index (χ4v) is 6.03. The van der Waals surface area contributed by atoms with E-state index in [0.717, 1.165) is 11.1 Å². The van der Waals surface area contributed by atoms with Crippen molar-refractivity contribution in [2.24, 2.45) is 5.92 Å². The van der Waals surface area contributed by atoms with Gasteiger partial charge in [0, 0.05) is 19.3 Å². The number of thiocarbonyl (C=S) groups is 1. The Labute approximate surface area is 230 Å². The molecule has 2 aromatic heterocycles. The van der Waals surface area contributed by atoms with Crippen molar-refractivity contribution in [1.29, 1.82) is 0 Å². The summed E-state index contributed by atoms with van der Waals surface area (Å²) in [6.45, 7) is 5.53. The molecule has 0 saturated carbocycles. The third kappa shape index (κ3) is 5.10. The molecule has 0 N–H and O–H groups in total. The summed E-state index contributed by atoms with van der Waals surface area (Å²) < 4.78 is 7.17. The average Bonchev–Trinajstić information content (AvgIpc) is 3.18. The highest BCUT2D eigenvalue weighted by atomic mass is 32.2. The summed E-state index contributed by atoms with van der Waals surface area (Å²) in [7, 11) is 0. The highest BCUT2D eigenvalue weighted by Gasteiger charge is 2.34. The Balaban J connectivity index is 1.52. The fraction of sp³-hybridized carbons (Fsp3) is 0.321. The van der Waals surface area contributed by atoms with Crippen LogP contribution in [0.15, 0.2) is 58.4 Å². The van der Waals surface area contributed by atoms with Gasteiger partial charge < -0.3 is 9.64 Å². The largest absolute Gasteiger partial charge is 0.466 e. The van der Waals surface area contributed by atoms with Gasteiger partial charge >= 0.3 is 5.97 Å². The molecule has 2 aliphatic rings. The average molecular weight is 549 g/mol. The lowest BCUT2D eigenvalue weighted by Gasteiger charge is -2.32. The molecule has 0 unspecified atom stereocenters. The number of piperidine rings is 1. The number of rotatable bonds is 6. The van der Waals surface area contributed by atoms with E-state index in [1.165, 1.54) is 16.2 Å². The van der Waals surface area contributed by atoms with E-state index in [1.54, 1.807) is 30.2 Å². The van der Waals surface area contributed by atoms with Crippen molar-refractivity contribution in [3.63, 3.8) is 0 Å². The number of hydrogen-bond acceptors (Lipinski definition) is 8. The van der Waals surface area contributed by atoms with Crippen LogP contribution in [0.4, 0.5) is 5.82 Å². The third-order valence-electron chi connectivity index (χ3n) is 6.81. The first kappa shape index (κ1) is 26.1. The van der Waals surface area contributed by atoms with E-state index in [4.69, 9.17) is 21.9 Å². The van der Waals surface area contributed by atoms with Crippen LogP contribution in [0.5, 0.6) is 0 Å². The van der Waals surface area contributed by atoms with Crippen molar-refractivity contribution in [3.8, 4) is 0 Å². The summed E-state index contributed by atoms with van der Waals surface area (Å²) in [4.78, 5) is 48.3. The van der Waals surface area contributed by atoms with Gasteiger partial charge in [-0.3, -0.25) is 23.7 Å². The quantitative estimate of drug-likeness (QED) is 0.258. The summed E-state index contributed by atoms with van der Waals surface area (Å²) in [6, 6.07) is 13.4. The number of aryl methyl sites for hydroxylation is 1. The van der Waals surface area contributed by atoms with Gasteiger partial charge in [0.05, 0.1) is 29.5 Å². The minimum Gasteiger partial charge on any atom is -0.466 e. The second kappa shape index (κ2) is 11.1. The van der Waals surface area contributed by atoms with Crippen LogP contribution in [0.2, 0.25) is 0 Å². The number of anilines is 1. The maximum atomic E-state index is 13.8.